The Hall–Kier alpha value is -4.76. The molecule has 0 amide bonds. The molecular weight excluding hydrogens is 521 g/mol. The Balaban J connectivity index is 1.61. The van der Waals surface area contributed by atoms with E-state index < -0.39 is 11.9 Å². The van der Waals surface area contributed by atoms with E-state index in [1.165, 1.54) is 31.6 Å². The smallest absolute Gasteiger partial charge is 0.200 e. The second kappa shape index (κ2) is 10.5. The number of nitrogens with two attached hydrogens (primary N) is 1. The van der Waals surface area contributed by atoms with E-state index >= 15 is 0 Å². The summed E-state index contributed by atoms with van der Waals surface area (Å²) < 4.78 is 25.6. The van der Waals surface area contributed by atoms with Crippen molar-refractivity contribution in [2.24, 2.45) is 0 Å². The van der Waals surface area contributed by atoms with E-state index in [2.05, 4.69) is 15.3 Å². The van der Waals surface area contributed by atoms with Crippen molar-refractivity contribution in [2.75, 3.05) is 18.2 Å². The molecule has 3 aromatic carbocycles. The van der Waals surface area contributed by atoms with Crippen LogP contribution in [0, 0.1) is 11.2 Å². The summed E-state index contributed by atoms with van der Waals surface area (Å²) >= 11 is 6.29. The highest BCUT2D eigenvalue weighted by Crippen LogP contribution is 2.33. The number of anilines is 2. The summed E-state index contributed by atoms with van der Waals surface area (Å²) in [6.45, 7) is 1.77. The first-order valence-electron chi connectivity index (χ1n) is 11.9. The maximum absolute atomic E-state index is 14.2. The van der Waals surface area contributed by atoms with Crippen molar-refractivity contribution in [2.45, 2.75) is 13.0 Å². The van der Waals surface area contributed by atoms with Crippen molar-refractivity contribution in [3.8, 4) is 16.9 Å². The van der Waals surface area contributed by atoms with Gasteiger partial charge in [0.2, 0.25) is 5.43 Å². The van der Waals surface area contributed by atoms with Crippen LogP contribution in [0.5, 0.6) is 5.75 Å². The van der Waals surface area contributed by atoms with Gasteiger partial charge in [-0.15, -0.1) is 0 Å². The van der Waals surface area contributed by atoms with Gasteiger partial charge in [-0.2, -0.15) is 0 Å². The van der Waals surface area contributed by atoms with Crippen LogP contribution < -0.4 is 21.2 Å². The summed E-state index contributed by atoms with van der Waals surface area (Å²) in [5.41, 5.74) is 7.61. The van der Waals surface area contributed by atoms with Gasteiger partial charge in [-0.1, -0.05) is 35.9 Å². The Labute approximate surface area is 227 Å². The van der Waals surface area contributed by atoms with Gasteiger partial charge in [0.15, 0.2) is 0 Å². The molecule has 1 unspecified atom stereocenters. The molecule has 0 radical (unpaired) electrons. The third-order valence-electron chi connectivity index (χ3n) is 6.25. The maximum atomic E-state index is 14.2. The van der Waals surface area contributed by atoms with Gasteiger partial charge >= 0.3 is 0 Å². The highest BCUT2D eigenvalue weighted by atomic mass is 35.5. The number of ether oxygens (including phenoxy) is 1. The Morgan fingerprint density at radius 2 is 1.92 bits per heavy atom. The maximum Gasteiger partial charge on any atom is 0.200 e. The zero-order valence-electron chi connectivity index (χ0n) is 21.0. The molecule has 4 N–H and O–H groups in total. The van der Waals surface area contributed by atoms with E-state index in [-0.39, 0.29) is 39.7 Å². The second-order valence-corrected chi connectivity index (χ2v) is 9.16. The van der Waals surface area contributed by atoms with Crippen molar-refractivity contribution < 1.29 is 13.5 Å². The quantitative estimate of drug-likeness (QED) is 0.208. The number of para-hydroxylation sites is 1. The topological polar surface area (TPSA) is 127 Å². The minimum absolute atomic E-state index is 0.0256. The van der Waals surface area contributed by atoms with Crippen LogP contribution in [0.2, 0.25) is 5.02 Å². The number of methoxy groups -OCH3 is 1. The molecule has 0 bridgehead atoms. The number of fused-ring (bicyclic) bond motifs is 1. The lowest BCUT2D eigenvalue weighted by Gasteiger charge is -2.20. The summed E-state index contributed by atoms with van der Waals surface area (Å²) in [7, 11) is 1.50. The van der Waals surface area contributed by atoms with Crippen LogP contribution in [0.3, 0.4) is 0 Å². The van der Waals surface area contributed by atoms with Crippen LogP contribution in [0.4, 0.5) is 16.0 Å². The average molecular weight is 544 g/mol. The molecule has 0 fully saturated rings. The fraction of sp³-hybridized carbons (Fsp3) is 0.103. The fourth-order valence-electron chi connectivity index (χ4n) is 4.37. The van der Waals surface area contributed by atoms with Crippen molar-refractivity contribution in [3.05, 3.63) is 111 Å². The van der Waals surface area contributed by atoms with Gasteiger partial charge in [0.25, 0.3) is 0 Å². The summed E-state index contributed by atoms with van der Waals surface area (Å²) in [6, 6.07) is 16.9. The number of nitrogens with zero attached hydrogens (tertiary/aromatic N) is 2. The monoisotopic (exact) mass is 543 g/mol. The van der Waals surface area contributed by atoms with Crippen LogP contribution in [0.25, 0.3) is 22.1 Å². The number of nitrogen functional groups attached to an aromatic ring is 1. The zero-order valence-corrected chi connectivity index (χ0v) is 21.7. The standard InChI is InChI=1S/C29H23ClFN5O3/c1-15(27-23(16-6-5-7-18(31)12-16)26(37)19-8-3-4-9-21(19)39-27)36-29-24(28(33)34-14-35-29)25(32)17-10-11-22(38-2)20(30)13-17/h3-15,32H,1-2H3,(H3,33,34,35,36). The molecule has 1 atom stereocenters. The Kier molecular flexibility index (Phi) is 7.00. The molecule has 10 heteroatoms. The number of benzene rings is 3. The third kappa shape index (κ3) is 4.92. The lowest BCUT2D eigenvalue weighted by molar-refractivity contribution is 0.415. The van der Waals surface area contributed by atoms with E-state index in [9.17, 15) is 9.18 Å². The molecule has 0 aliphatic heterocycles. The number of hydrogen-bond donors (Lipinski definition) is 3. The van der Waals surface area contributed by atoms with Gasteiger partial charge in [-0.25, -0.2) is 14.4 Å². The number of rotatable bonds is 7. The molecule has 0 spiro atoms. The normalized spacial score (nSPS) is 11.8. The van der Waals surface area contributed by atoms with Gasteiger partial charge in [-0.05, 0) is 55.0 Å². The Morgan fingerprint density at radius 3 is 2.67 bits per heavy atom. The van der Waals surface area contributed by atoms with Gasteiger partial charge in [0, 0.05) is 5.56 Å². The molecule has 2 aromatic heterocycles. The van der Waals surface area contributed by atoms with Gasteiger partial charge in [0.1, 0.15) is 40.9 Å². The van der Waals surface area contributed by atoms with Crippen LogP contribution in [0.1, 0.15) is 29.9 Å². The number of halogens is 2. The molecule has 0 saturated heterocycles. The highest BCUT2D eigenvalue weighted by molar-refractivity contribution is 6.32. The SMILES string of the molecule is COc1ccc(C(=N)c2c(N)ncnc2NC(C)c2oc3ccccc3c(=O)c2-c2cccc(F)c2)cc1Cl. The van der Waals surface area contributed by atoms with Gasteiger partial charge in [-0.3, -0.25) is 10.2 Å². The second-order valence-electron chi connectivity index (χ2n) is 8.75. The van der Waals surface area contributed by atoms with Crippen LogP contribution >= 0.6 is 11.6 Å². The molecule has 196 valence electrons. The van der Waals surface area contributed by atoms with E-state index in [1.54, 1.807) is 55.5 Å². The largest absolute Gasteiger partial charge is 0.495 e. The summed E-state index contributed by atoms with van der Waals surface area (Å²) in [6.07, 6.45) is 1.27. The average Bonchev–Trinajstić information content (AvgIpc) is 2.92. The molecule has 2 heterocycles. The number of hydrogen-bond acceptors (Lipinski definition) is 8. The van der Waals surface area contributed by atoms with Gasteiger partial charge in [0.05, 0.1) is 40.4 Å². The van der Waals surface area contributed by atoms with E-state index in [1.807, 2.05) is 0 Å². The molecule has 5 rings (SSSR count). The summed E-state index contributed by atoms with van der Waals surface area (Å²) in [4.78, 5) is 22.0. The molecule has 0 aliphatic rings. The lowest BCUT2D eigenvalue weighted by Crippen LogP contribution is -2.18. The van der Waals surface area contributed by atoms with Crippen molar-refractivity contribution >= 4 is 39.9 Å². The molecule has 5 aromatic rings. The molecule has 39 heavy (non-hydrogen) atoms. The zero-order chi connectivity index (χ0) is 27.7. The summed E-state index contributed by atoms with van der Waals surface area (Å²) in [5, 5.41) is 12.8. The minimum Gasteiger partial charge on any atom is -0.495 e. The van der Waals surface area contributed by atoms with Crippen LogP contribution in [0.15, 0.2) is 82.3 Å². The molecular formula is C29H23ClFN5O3. The molecule has 0 aliphatic carbocycles. The third-order valence-corrected chi connectivity index (χ3v) is 6.55. The lowest BCUT2D eigenvalue weighted by atomic mass is 9.98. The first-order chi connectivity index (χ1) is 18.8. The van der Waals surface area contributed by atoms with Gasteiger partial charge < -0.3 is 20.2 Å². The van der Waals surface area contributed by atoms with Crippen molar-refractivity contribution in [3.63, 3.8) is 0 Å². The first-order valence-corrected chi connectivity index (χ1v) is 12.3. The first kappa shape index (κ1) is 25.9. The van der Waals surface area contributed by atoms with E-state index in [4.69, 9.17) is 31.9 Å². The fourth-order valence-corrected chi connectivity index (χ4v) is 4.63. The Morgan fingerprint density at radius 1 is 1.13 bits per heavy atom. The van der Waals surface area contributed by atoms with Crippen molar-refractivity contribution in [1.82, 2.24) is 9.97 Å². The highest BCUT2D eigenvalue weighted by Gasteiger charge is 2.24. The van der Waals surface area contributed by atoms with Crippen LogP contribution in [-0.4, -0.2) is 22.8 Å². The van der Waals surface area contributed by atoms with E-state index in [0.717, 1.165) is 0 Å². The number of aromatic nitrogens is 2. The predicted molar refractivity (Wildman–Crippen MR) is 150 cm³/mol. The van der Waals surface area contributed by atoms with Crippen LogP contribution in [-0.2, 0) is 0 Å². The molecule has 8 nitrogen and oxygen atoms in total. The number of nitrogens with one attached hydrogen (secondary N) is 2. The van der Waals surface area contributed by atoms with Crippen molar-refractivity contribution in [1.29, 1.82) is 5.41 Å². The summed E-state index contributed by atoms with van der Waals surface area (Å²) in [5.74, 6) is 0.569. The Bertz CT molecular complexity index is 1790. The minimum atomic E-state index is -0.652. The predicted octanol–water partition coefficient (Wildman–Crippen LogP) is 6.22. The molecule has 0 saturated carbocycles. The van der Waals surface area contributed by atoms with E-state index in [0.29, 0.717) is 32.9 Å².